The molecule has 0 spiro atoms. The van der Waals surface area contributed by atoms with Gasteiger partial charge >= 0.3 is 6.03 Å². The monoisotopic (exact) mass is 654 g/mol. The minimum Gasteiger partial charge on any atom is -0.387 e. The predicted molar refractivity (Wildman–Crippen MR) is 202 cm³/mol. The number of hydrogen-bond donors (Lipinski definition) is 2. The minimum atomic E-state index is -0.290. The van der Waals surface area contributed by atoms with E-state index in [0.717, 1.165) is 64.7 Å². The summed E-state index contributed by atoms with van der Waals surface area (Å²) >= 11 is 0. The topological polar surface area (TPSA) is 78.7 Å². The smallest absolute Gasteiger partial charge is 0.314 e. The van der Waals surface area contributed by atoms with Crippen LogP contribution >= 0.6 is 0 Å². The number of nitrogens with two attached hydrogens (primary N) is 1. The van der Waals surface area contributed by atoms with Gasteiger partial charge in [-0.05, 0) is 99.7 Å². The van der Waals surface area contributed by atoms with Crippen molar-refractivity contribution in [3.05, 3.63) is 108 Å². The third-order valence-electron chi connectivity index (χ3n) is 9.90. The van der Waals surface area contributed by atoms with E-state index >= 15 is 0 Å². The van der Waals surface area contributed by atoms with Crippen LogP contribution in [0.3, 0.4) is 0 Å². The third kappa shape index (κ3) is 13.5. The normalized spacial score (nSPS) is 17.3. The molecule has 48 heavy (non-hydrogen) atoms. The first kappa shape index (κ1) is 38.8. The number of carbonyl (C=O) groups excluding carboxylic acids is 2. The third-order valence-corrected chi connectivity index (χ3v) is 9.90. The second-order valence-corrected chi connectivity index (χ2v) is 13.5. The van der Waals surface area contributed by atoms with Crippen molar-refractivity contribution in [3.63, 3.8) is 0 Å². The first-order chi connectivity index (χ1) is 23.4. The molecule has 0 aromatic heterocycles. The predicted octanol–water partition coefficient (Wildman–Crippen LogP) is 9.11. The number of nitrogens with zero attached hydrogens (tertiary/aromatic N) is 2. The summed E-state index contributed by atoms with van der Waals surface area (Å²) in [4.78, 5) is 28.5. The lowest BCUT2D eigenvalue weighted by Crippen LogP contribution is -2.41. The maximum Gasteiger partial charge on any atom is 0.314 e. The molecule has 2 heterocycles. The molecule has 6 heteroatoms. The lowest BCUT2D eigenvalue weighted by molar-refractivity contribution is -0.123. The van der Waals surface area contributed by atoms with Crippen LogP contribution in [-0.2, 0) is 11.3 Å². The van der Waals surface area contributed by atoms with E-state index < -0.39 is 0 Å². The van der Waals surface area contributed by atoms with Gasteiger partial charge in [0.05, 0.1) is 0 Å². The van der Waals surface area contributed by atoms with Crippen molar-refractivity contribution >= 4 is 11.8 Å². The van der Waals surface area contributed by atoms with Crippen molar-refractivity contribution < 1.29 is 9.59 Å². The minimum absolute atomic E-state index is 0.0381. The van der Waals surface area contributed by atoms with Crippen LogP contribution in [0, 0.1) is 5.92 Å². The van der Waals surface area contributed by atoms with Crippen LogP contribution in [0.25, 0.3) is 0 Å². The number of nitrogens with one attached hydrogen (secondary N) is 1. The Balaban J connectivity index is 0.000000344. The maximum absolute atomic E-state index is 13.2. The summed E-state index contributed by atoms with van der Waals surface area (Å²) in [5.74, 6) is 1.29. The molecule has 2 aromatic carbocycles. The number of hydrogen-bond acceptors (Lipinski definition) is 4. The molecule has 6 nitrogen and oxygen atoms in total. The summed E-state index contributed by atoms with van der Waals surface area (Å²) in [6.07, 6.45) is 18.5. The van der Waals surface area contributed by atoms with Crippen LogP contribution in [-0.4, -0.2) is 54.3 Å². The highest BCUT2D eigenvalue weighted by Gasteiger charge is 2.25. The Labute approximate surface area is 291 Å². The van der Waals surface area contributed by atoms with Gasteiger partial charge in [-0.25, -0.2) is 4.79 Å². The van der Waals surface area contributed by atoms with Crippen molar-refractivity contribution in [1.29, 1.82) is 0 Å². The molecule has 2 aromatic rings. The molecule has 0 saturated carbocycles. The Hall–Kier alpha value is -3.64. The van der Waals surface area contributed by atoms with E-state index in [2.05, 4.69) is 91.5 Å². The van der Waals surface area contributed by atoms with E-state index in [-0.39, 0.29) is 11.9 Å². The molecule has 2 amide bonds. The first-order valence-electron chi connectivity index (χ1n) is 18.4. The van der Waals surface area contributed by atoms with Gasteiger partial charge in [-0.2, -0.15) is 0 Å². The second kappa shape index (κ2) is 22.1. The fourth-order valence-electron chi connectivity index (χ4n) is 7.02. The van der Waals surface area contributed by atoms with Crippen LogP contribution in [0.1, 0.15) is 114 Å². The van der Waals surface area contributed by atoms with E-state index in [1.807, 2.05) is 25.1 Å². The summed E-state index contributed by atoms with van der Waals surface area (Å²) in [6, 6.07) is 19.2. The summed E-state index contributed by atoms with van der Waals surface area (Å²) in [5.41, 5.74) is 10.6. The van der Waals surface area contributed by atoms with Crippen molar-refractivity contribution in [2.45, 2.75) is 103 Å². The van der Waals surface area contributed by atoms with Gasteiger partial charge in [0.25, 0.3) is 0 Å². The van der Waals surface area contributed by atoms with Gasteiger partial charge in [0.1, 0.15) is 5.78 Å². The van der Waals surface area contributed by atoms with E-state index in [1.54, 1.807) is 4.90 Å². The number of ketones is 1. The van der Waals surface area contributed by atoms with Gasteiger partial charge in [-0.1, -0.05) is 105 Å². The van der Waals surface area contributed by atoms with Crippen molar-refractivity contribution in [2.24, 2.45) is 11.7 Å². The molecule has 2 aliphatic heterocycles. The van der Waals surface area contributed by atoms with Gasteiger partial charge in [0.2, 0.25) is 0 Å². The lowest BCUT2D eigenvalue weighted by atomic mass is 9.80. The molecule has 3 N–H and O–H groups in total. The number of rotatable bonds is 16. The Kier molecular flexibility index (Phi) is 17.9. The summed E-state index contributed by atoms with van der Waals surface area (Å²) < 4.78 is 0. The molecule has 2 saturated heterocycles. The number of piperidine rings is 2. The lowest BCUT2D eigenvalue weighted by Gasteiger charge is -2.30. The van der Waals surface area contributed by atoms with Gasteiger partial charge in [-0.15, -0.1) is 6.58 Å². The molecule has 2 fully saturated rings. The number of benzene rings is 2. The van der Waals surface area contributed by atoms with E-state index in [1.165, 1.54) is 54.6 Å². The van der Waals surface area contributed by atoms with E-state index in [4.69, 9.17) is 5.73 Å². The quantitative estimate of drug-likeness (QED) is 0.140. The largest absolute Gasteiger partial charge is 0.387 e. The molecule has 0 bridgehead atoms. The van der Waals surface area contributed by atoms with E-state index in [0.29, 0.717) is 24.0 Å². The van der Waals surface area contributed by atoms with Crippen LogP contribution in [0.4, 0.5) is 4.79 Å². The number of Topliss-reactive ketones (excluding diaryl/α,β-unsaturated/α-hetero) is 1. The van der Waals surface area contributed by atoms with Crippen LogP contribution in [0.5, 0.6) is 0 Å². The van der Waals surface area contributed by atoms with Crippen molar-refractivity contribution in [3.8, 4) is 0 Å². The number of allylic oxidation sites excluding steroid dienone is 3. The van der Waals surface area contributed by atoms with E-state index in [9.17, 15) is 9.59 Å². The second-order valence-electron chi connectivity index (χ2n) is 13.5. The van der Waals surface area contributed by atoms with Gasteiger partial charge in [-0.3, -0.25) is 9.69 Å². The molecule has 4 rings (SSSR count). The molecule has 2 atom stereocenters. The Morgan fingerprint density at radius 1 is 1.00 bits per heavy atom. The molecule has 2 unspecified atom stereocenters. The van der Waals surface area contributed by atoms with Crippen LogP contribution in [0.2, 0.25) is 0 Å². The standard InChI is InChI=1S/C30H46N2O.C12H16N2O/c1-5-8-19-31-23-26(13-6-2)17-18-30(33)25(4)29(14-7-3)28-16-12-15-27(22-28)24-32-20-10-9-11-21-32;13-12(15)14-8-6-11(7-9-14)10-4-2-1-3-5-10/h5-6,8,12,15-16,22-23,25,29,31H,2,7,9-11,13-14,17-21,24H2,1,3-4H3;1-5,11H,6-9H2,(H2,13,15)/b8-5-,26-23+;. The molecular formula is C42H62N4O2. The highest BCUT2D eigenvalue weighted by Crippen LogP contribution is 2.32. The number of carbonyl (C=O) groups is 2. The maximum atomic E-state index is 13.2. The van der Waals surface area contributed by atoms with Gasteiger partial charge in [0, 0.05) is 38.5 Å². The summed E-state index contributed by atoms with van der Waals surface area (Å²) in [6.45, 7) is 16.1. The fourth-order valence-corrected chi connectivity index (χ4v) is 7.02. The Morgan fingerprint density at radius 2 is 1.73 bits per heavy atom. The average Bonchev–Trinajstić information content (AvgIpc) is 3.12. The number of likely N-dealkylation sites (tertiary alicyclic amines) is 2. The number of amides is 2. The molecular weight excluding hydrogens is 592 g/mol. The van der Waals surface area contributed by atoms with Gasteiger partial charge < -0.3 is 16.0 Å². The Bertz CT molecular complexity index is 1290. The highest BCUT2D eigenvalue weighted by atomic mass is 16.2. The Morgan fingerprint density at radius 3 is 2.38 bits per heavy atom. The molecule has 0 aliphatic carbocycles. The molecule has 0 radical (unpaired) electrons. The average molecular weight is 655 g/mol. The first-order valence-corrected chi connectivity index (χ1v) is 18.4. The van der Waals surface area contributed by atoms with Crippen molar-refractivity contribution in [2.75, 3.05) is 32.7 Å². The van der Waals surface area contributed by atoms with Crippen molar-refractivity contribution in [1.82, 2.24) is 15.1 Å². The zero-order valence-corrected chi connectivity index (χ0v) is 30.0. The van der Waals surface area contributed by atoms with Gasteiger partial charge in [0.15, 0.2) is 0 Å². The fraction of sp³-hybridized carbons (Fsp3) is 0.524. The summed E-state index contributed by atoms with van der Waals surface area (Å²) in [5, 5.41) is 3.32. The van der Waals surface area contributed by atoms with Crippen LogP contribution < -0.4 is 11.1 Å². The molecule has 2 aliphatic rings. The number of urea groups is 1. The SMILES string of the molecule is C=CC/C(=C\NC/C=C\C)CCC(=O)C(C)C(CCC)c1cccc(CN2CCCCC2)c1.NC(=O)N1CCC(c2ccccc2)CC1. The zero-order valence-electron chi connectivity index (χ0n) is 30.0. The summed E-state index contributed by atoms with van der Waals surface area (Å²) in [7, 11) is 0. The molecule has 262 valence electrons. The zero-order chi connectivity index (χ0) is 34.6. The van der Waals surface area contributed by atoms with Crippen LogP contribution in [0.15, 0.2) is 91.2 Å². The highest BCUT2D eigenvalue weighted by molar-refractivity contribution is 5.82. The number of primary amides is 1.